The smallest absolute Gasteiger partial charge is 0.254 e. The molecule has 0 fully saturated rings. The first kappa shape index (κ1) is 15.3. The number of hydrogen-bond acceptors (Lipinski definition) is 2. The molecule has 6 heteroatoms. The molecule has 0 bridgehead atoms. The minimum absolute atomic E-state index is 0.368. The fourth-order valence-corrected chi connectivity index (χ4v) is 2.03. The van der Waals surface area contributed by atoms with Gasteiger partial charge in [-0.1, -0.05) is 23.7 Å². The zero-order valence-corrected chi connectivity index (χ0v) is 11.9. The van der Waals surface area contributed by atoms with Crippen LogP contribution in [0.5, 0.6) is 0 Å². The molecule has 0 radical (unpaired) electrons. The Bertz CT molecular complexity index is 691. The van der Waals surface area contributed by atoms with E-state index in [1.165, 1.54) is 0 Å². The Morgan fingerprint density at radius 3 is 2.62 bits per heavy atom. The van der Waals surface area contributed by atoms with Gasteiger partial charge in [-0.2, -0.15) is 0 Å². The molecule has 3 N–H and O–H groups in total. The van der Waals surface area contributed by atoms with Gasteiger partial charge in [0.1, 0.15) is 11.6 Å². The summed E-state index contributed by atoms with van der Waals surface area (Å²) >= 11 is 5.45. The van der Waals surface area contributed by atoms with Crippen molar-refractivity contribution >= 4 is 23.2 Å². The number of benzene rings is 2. The van der Waals surface area contributed by atoms with Gasteiger partial charge in [0.15, 0.2) is 0 Å². The lowest BCUT2D eigenvalue weighted by atomic mass is 10.1. The second kappa shape index (κ2) is 6.10. The zero-order chi connectivity index (χ0) is 15.6. The first-order valence-electron chi connectivity index (χ1n) is 6.19. The third-order valence-corrected chi connectivity index (χ3v) is 3.30. The Balaban J connectivity index is 2.20. The minimum Gasteiger partial charge on any atom is -0.399 e. The number of nitrogens with two attached hydrogens (primary N) is 1. The number of carbonyl (C=O) groups excluding carboxylic acids is 1. The number of nitrogen functional groups attached to an aromatic ring is 1. The second-order valence-corrected chi connectivity index (χ2v) is 5.02. The van der Waals surface area contributed by atoms with Gasteiger partial charge in [-0.3, -0.25) is 4.79 Å². The van der Waals surface area contributed by atoms with E-state index in [0.29, 0.717) is 5.69 Å². The van der Waals surface area contributed by atoms with Crippen LogP contribution in [0.2, 0.25) is 5.02 Å². The number of halogens is 3. The van der Waals surface area contributed by atoms with Crippen LogP contribution in [0.15, 0.2) is 36.4 Å². The van der Waals surface area contributed by atoms with Crippen LogP contribution in [-0.2, 0) is 0 Å². The Hall–Kier alpha value is -2.14. The van der Waals surface area contributed by atoms with Gasteiger partial charge >= 0.3 is 0 Å². The maximum absolute atomic E-state index is 13.7. The lowest BCUT2D eigenvalue weighted by molar-refractivity contribution is 0.0935. The lowest BCUT2D eigenvalue weighted by Crippen LogP contribution is -2.27. The van der Waals surface area contributed by atoms with Crippen LogP contribution >= 0.6 is 11.6 Å². The first-order valence-corrected chi connectivity index (χ1v) is 6.57. The Morgan fingerprint density at radius 2 is 1.95 bits per heavy atom. The van der Waals surface area contributed by atoms with Gasteiger partial charge in [0.05, 0.1) is 16.6 Å². The summed E-state index contributed by atoms with van der Waals surface area (Å²) in [6.07, 6.45) is 0. The molecule has 0 aliphatic heterocycles. The Kier molecular flexibility index (Phi) is 4.43. The van der Waals surface area contributed by atoms with E-state index in [-0.39, 0.29) is 5.02 Å². The van der Waals surface area contributed by atoms with Gasteiger partial charge in [-0.15, -0.1) is 0 Å². The van der Waals surface area contributed by atoms with E-state index in [4.69, 9.17) is 17.3 Å². The highest BCUT2D eigenvalue weighted by Gasteiger charge is 2.17. The number of anilines is 1. The molecule has 0 saturated carbocycles. The van der Waals surface area contributed by atoms with E-state index in [0.717, 1.165) is 17.7 Å². The molecular formula is C15H13ClF2N2O. The quantitative estimate of drug-likeness (QED) is 0.671. The molecule has 3 nitrogen and oxygen atoms in total. The average Bonchev–Trinajstić information content (AvgIpc) is 2.42. The maximum Gasteiger partial charge on any atom is 0.254 e. The normalized spacial score (nSPS) is 12.0. The summed E-state index contributed by atoms with van der Waals surface area (Å²) in [6.45, 7) is 1.72. The molecule has 0 heterocycles. The van der Waals surface area contributed by atoms with Crippen molar-refractivity contribution in [2.24, 2.45) is 0 Å². The van der Waals surface area contributed by atoms with Gasteiger partial charge in [0.25, 0.3) is 5.91 Å². The molecule has 0 aromatic heterocycles. The first-order chi connectivity index (χ1) is 9.88. The highest BCUT2D eigenvalue weighted by molar-refractivity contribution is 6.30. The van der Waals surface area contributed by atoms with Crippen molar-refractivity contribution in [3.8, 4) is 0 Å². The summed E-state index contributed by atoms with van der Waals surface area (Å²) in [6, 6.07) is 8.08. The lowest BCUT2D eigenvalue weighted by Gasteiger charge is -2.15. The number of hydrogen-bond donors (Lipinski definition) is 2. The highest BCUT2D eigenvalue weighted by Crippen LogP contribution is 2.21. The summed E-state index contributed by atoms with van der Waals surface area (Å²) in [5, 5.41) is 2.22. The van der Waals surface area contributed by atoms with Crippen molar-refractivity contribution in [3.05, 3.63) is 64.2 Å². The van der Waals surface area contributed by atoms with Crippen LogP contribution in [0.3, 0.4) is 0 Å². The van der Waals surface area contributed by atoms with Crippen molar-refractivity contribution in [2.45, 2.75) is 13.0 Å². The van der Waals surface area contributed by atoms with E-state index in [2.05, 4.69) is 5.32 Å². The SMILES string of the molecule is CC(NC(=O)c1cc(F)c(Cl)cc1F)c1cccc(N)c1. The molecule has 110 valence electrons. The Labute approximate surface area is 125 Å². The predicted molar refractivity (Wildman–Crippen MR) is 78.1 cm³/mol. The molecule has 2 rings (SSSR count). The summed E-state index contributed by atoms with van der Waals surface area (Å²) < 4.78 is 27.0. The monoisotopic (exact) mass is 310 g/mol. The Morgan fingerprint density at radius 1 is 1.24 bits per heavy atom. The molecule has 2 aromatic carbocycles. The minimum atomic E-state index is -0.876. The molecule has 0 aliphatic rings. The second-order valence-electron chi connectivity index (χ2n) is 4.61. The van der Waals surface area contributed by atoms with E-state index in [1.54, 1.807) is 31.2 Å². The van der Waals surface area contributed by atoms with Gasteiger partial charge in [0, 0.05) is 5.69 Å². The number of nitrogens with one attached hydrogen (secondary N) is 1. The third kappa shape index (κ3) is 3.49. The summed E-state index contributed by atoms with van der Waals surface area (Å²) in [4.78, 5) is 12.0. The average molecular weight is 311 g/mol. The maximum atomic E-state index is 13.7. The molecule has 1 atom stereocenters. The van der Waals surface area contributed by atoms with Crippen LogP contribution in [-0.4, -0.2) is 5.91 Å². The van der Waals surface area contributed by atoms with Crippen molar-refractivity contribution in [1.29, 1.82) is 0 Å². The summed E-state index contributed by atoms with van der Waals surface area (Å²) in [5.41, 5.74) is 6.58. The van der Waals surface area contributed by atoms with Crippen LogP contribution in [0.1, 0.15) is 28.9 Å². The molecule has 2 aromatic rings. The topological polar surface area (TPSA) is 55.1 Å². The van der Waals surface area contributed by atoms with E-state index in [1.807, 2.05) is 0 Å². The van der Waals surface area contributed by atoms with Gasteiger partial charge in [-0.05, 0) is 36.8 Å². The van der Waals surface area contributed by atoms with Gasteiger partial charge in [0.2, 0.25) is 0 Å². The van der Waals surface area contributed by atoms with Crippen molar-refractivity contribution in [2.75, 3.05) is 5.73 Å². The summed E-state index contributed by atoms with van der Waals surface area (Å²) in [7, 11) is 0. The fraction of sp³-hybridized carbons (Fsp3) is 0.133. The largest absolute Gasteiger partial charge is 0.399 e. The third-order valence-electron chi connectivity index (χ3n) is 3.01. The van der Waals surface area contributed by atoms with Gasteiger partial charge in [-0.25, -0.2) is 8.78 Å². The van der Waals surface area contributed by atoms with Crippen LogP contribution in [0.25, 0.3) is 0 Å². The highest BCUT2D eigenvalue weighted by atomic mass is 35.5. The summed E-state index contributed by atoms with van der Waals surface area (Å²) in [5.74, 6) is -2.45. The molecular weight excluding hydrogens is 298 g/mol. The fourth-order valence-electron chi connectivity index (χ4n) is 1.88. The van der Waals surface area contributed by atoms with E-state index < -0.39 is 29.1 Å². The molecule has 1 amide bonds. The zero-order valence-electron chi connectivity index (χ0n) is 11.2. The van der Waals surface area contributed by atoms with Crippen LogP contribution in [0, 0.1) is 11.6 Å². The van der Waals surface area contributed by atoms with Gasteiger partial charge < -0.3 is 11.1 Å². The van der Waals surface area contributed by atoms with E-state index in [9.17, 15) is 13.6 Å². The van der Waals surface area contributed by atoms with Crippen molar-refractivity contribution < 1.29 is 13.6 Å². The predicted octanol–water partition coefficient (Wildman–Crippen LogP) is 3.69. The van der Waals surface area contributed by atoms with Crippen LogP contribution < -0.4 is 11.1 Å². The number of carbonyl (C=O) groups is 1. The molecule has 0 aliphatic carbocycles. The van der Waals surface area contributed by atoms with Crippen molar-refractivity contribution in [3.63, 3.8) is 0 Å². The molecule has 21 heavy (non-hydrogen) atoms. The molecule has 0 spiro atoms. The molecule has 1 unspecified atom stereocenters. The number of amides is 1. The molecule has 0 saturated heterocycles. The number of rotatable bonds is 3. The van der Waals surface area contributed by atoms with Crippen molar-refractivity contribution in [1.82, 2.24) is 5.32 Å². The standard InChI is InChI=1S/C15H13ClF2N2O/c1-8(9-3-2-4-10(19)5-9)20-15(21)11-6-14(18)12(16)7-13(11)17/h2-8H,19H2,1H3,(H,20,21). The van der Waals surface area contributed by atoms with Crippen LogP contribution in [0.4, 0.5) is 14.5 Å². The van der Waals surface area contributed by atoms with E-state index >= 15 is 0 Å².